The average molecular weight is 500 g/mol. The standard InChI is InChI=1S/C29H31F4OSi/c1-2-3-6-17-35-18-15-21(16-19-35)23-11-14-27(28(30)20-23)26-8-5-4-7-25(26)22-9-12-24(13-10-22)34-29(31,32)33/h4-5,7-14,20-21H,2-3,6,15-19H2,1H3. The van der Waals surface area contributed by atoms with E-state index in [0.717, 1.165) is 24.0 Å². The first-order valence-electron chi connectivity index (χ1n) is 12.4. The van der Waals surface area contributed by atoms with Crippen LogP contribution < -0.4 is 4.74 Å². The predicted molar refractivity (Wildman–Crippen MR) is 136 cm³/mol. The molecule has 0 atom stereocenters. The summed E-state index contributed by atoms with van der Waals surface area (Å²) in [5.41, 5.74) is 3.75. The number of benzene rings is 3. The highest BCUT2D eigenvalue weighted by atomic mass is 28.3. The van der Waals surface area contributed by atoms with Gasteiger partial charge in [0.05, 0.1) is 0 Å². The summed E-state index contributed by atoms with van der Waals surface area (Å²) in [4.78, 5) is 0. The maximum atomic E-state index is 15.4. The van der Waals surface area contributed by atoms with E-state index in [1.807, 2.05) is 30.3 Å². The Kier molecular flexibility index (Phi) is 8.32. The first kappa shape index (κ1) is 25.5. The SMILES string of the molecule is CCCCC[Si]1CCC(c2ccc(-c3ccccc3-c3ccc(OC(F)(F)F)cc3)c(F)c2)CC1. The molecule has 6 heteroatoms. The fourth-order valence-electron chi connectivity index (χ4n) is 5.04. The Morgan fingerprint density at radius 3 is 2.17 bits per heavy atom. The molecular weight excluding hydrogens is 468 g/mol. The van der Waals surface area contributed by atoms with Crippen LogP contribution in [0.1, 0.15) is 50.5 Å². The van der Waals surface area contributed by atoms with E-state index in [9.17, 15) is 13.2 Å². The average Bonchev–Trinajstić information content (AvgIpc) is 2.84. The van der Waals surface area contributed by atoms with Gasteiger partial charge < -0.3 is 4.74 Å². The Balaban J connectivity index is 1.50. The highest BCUT2D eigenvalue weighted by Gasteiger charge is 2.31. The molecule has 0 saturated carbocycles. The Bertz CT molecular complexity index is 1100. The number of rotatable bonds is 8. The summed E-state index contributed by atoms with van der Waals surface area (Å²) in [6, 6.07) is 22.7. The molecule has 1 aliphatic heterocycles. The zero-order valence-corrected chi connectivity index (χ0v) is 21.0. The fraction of sp³-hybridized carbons (Fsp3) is 0.379. The monoisotopic (exact) mass is 499 g/mol. The molecule has 1 aliphatic rings. The van der Waals surface area contributed by atoms with E-state index in [1.165, 1.54) is 49.5 Å². The molecule has 0 aliphatic carbocycles. The van der Waals surface area contributed by atoms with E-state index >= 15 is 4.39 Å². The lowest BCUT2D eigenvalue weighted by Gasteiger charge is -2.28. The van der Waals surface area contributed by atoms with Crippen molar-refractivity contribution in [2.75, 3.05) is 0 Å². The van der Waals surface area contributed by atoms with Gasteiger partial charge >= 0.3 is 6.36 Å². The first-order valence-corrected chi connectivity index (χ1v) is 14.5. The largest absolute Gasteiger partial charge is 0.573 e. The highest BCUT2D eigenvalue weighted by Crippen LogP contribution is 2.39. The van der Waals surface area contributed by atoms with Gasteiger partial charge in [0, 0.05) is 14.4 Å². The van der Waals surface area contributed by atoms with Crippen LogP contribution in [0.2, 0.25) is 18.1 Å². The minimum absolute atomic E-state index is 0.235. The lowest BCUT2D eigenvalue weighted by atomic mass is 9.89. The van der Waals surface area contributed by atoms with Crippen molar-refractivity contribution in [3.8, 4) is 28.0 Å². The molecule has 0 aromatic heterocycles. The molecule has 0 N–H and O–H groups in total. The van der Waals surface area contributed by atoms with E-state index in [4.69, 9.17) is 0 Å². The molecule has 185 valence electrons. The molecule has 3 aromatic rings. The summed E-state index contributed by atoms with van der Waals surface area (Å²) in [5, 5.41) is 0. The van der Waals surface area contributed by atoms with Crippen LogP contribution in [-0.2, 0) is 0 Å². The molecule has 1 radical (unpaired) electrons. The van der Waals surface area contributed by atoms with Crippen LogP contribution in [-0.4, -0.2) is 15.2 Å². The van der Waals surface area contributed by atoms with Crippen LogP contribution in [0.15, 0.2) is 66.7 Å². The van der Waals surface area contributed by atoms with E-state index in [-0.39, 0.29) is 20.4 Å². The lowest BCUT2D eigenvalue weighted by Crippen LogP contribution is -2.20. The summed E-state index contributed by atoms with van der Waals surface area (Å²) in [5.74, 6) is -0.113. The topological polar surface area (TPSA) is 9.23 Å². The second kappa shape index (κ2) is 11.4. The van der Waals surface area contributed by atoms with Crippen molar-refractivity contribution in [3.63, 3.8) is 0 Å². The van der Waals surface area contributed by atoms with E-state index in [0.29, 0.717) is 22.6 Å². The summed E-state index contributed by atoms with van der Waals surface area (Å²) >= 11 is 0. The quantitative estimate of drug-likeness (QED) is 0.170. The Morgan fingerprint density at radius 2 is 1.54 bits per heavy atom. The Labute approximate surface area is 206 Å². The van der Waals surface area contributed by atoms with Crippen molar-refractivity contribution in [1.82, 2.24) is 0 Å². The van der Waals surface area contributed by atoms with Gasteiger partial charge in [0.25, 0.3) is 0 Å². The van der Waals surface area contributed by atoms with Crippen molar-refractivity contribution in [3.05, 3.63) is 78.1 Å². The number of hydrogen-bond acceptors (Lipinski definition) is 1. The smallest absolute Gasteiger partial charge is 0.406 e. The number of halogens is 4. The maximum absolute atomic E-state index is 15.4. The van der Waals surface area contributed by atoms with Gasteiger partial charge in [-0.3, -0.25) is 0 Å². The molecule has 0 bridgehead atoms. The summed E-state index contributed by atoms with van der Waals surface area (Å²) in [6.45, 7) is 2.24. The van der Waals surface area contributed by atoms with Crippen LogP contribution in [0.25, 0.3) is 22.3 Å². The van der Waals surface area contributed by atoms with Crippen molar-refractivity contribution in [1.29, 1.82) is 0 Å². The van der Waals surface area contributed by atoms with Gasteiger partial charge in [-0.25, -0.2) is 4.39 Å². The third-order valence-electron chi connectivity index (χ3n) is 6.91. The lowest BCUT2D eigenvalue weighted by molar-refractivity contribution is -0.274. The molecule has 4 rings (SSSR count). The molecular formula is C29H31F4OSi. The van der Waals surface area contributed by atoms with Crippen LogP contribution in [0, 0.1) is 5.82 Å². The molecule has 1 saturated heterocycles. The van der Waals surface area contributed by atoms with Crippen molar-refractivity contribution in [2.45, 2.75) is 69.4 Å². The van der Waals surface area contributed by atoms with Crippen molar-refractivity contribution >= 4 is 8.80 Å². The third kappa shape index (κ3) is 6.75. The zero-order chi connectivity index (χ0) is 24.8. The fourth-order valence-corrected chi connectivity index (χ4v) is 8.06. The van der Waals surface area contributed by atoms with Crippen molar-refractivity contribution < 1.29 is 22.3 Å². The van der Waals surface area contributed by atoms with Gasteiger partial charge in [-0.1, -0.05) is 92.8 Å². The second-order valence-corrected chi connectivity index (χ2v) is 12.3. The third-order valence-corrected chi connectivity index (χ3v) is 9.96. The Hall–Kier alpha value is -2.60. The molecule has 1 heterocycles. The number of alkyl halides is 3. The predicted octanol–water partition coefficient (Wildman–Crippen LogP) is 9.62. The van der Waals surface area contributed by atoms with Gasteiger partial charge in [-0.15, -0.1) is 13.2 Å². The van der Waals surface area contributed by atoms with Gasteiger partial charge in [0.15, 0.2) is 0 Å². The minimum atomic E-state index is -4.74. The van der Waals surface area contributed by atoms with Gasteiger partial charge in [0.1, 0.15) is 11.6 Å². The molecule has 3 aromatic carbocycles. The van der Waals surface area contributed by atoms with E-state index in [2.05, 4.69) is 17.7 Å². The zero-order valence-electron chi connectivity index (χ0n) is 20.0. The van der Waals surface area contributed by atoms with Gasteiger partial charge in [-0.2, -0.15) is 0 Å². The van der Waals surface area contributed by atoms with E-state index in [1.54, 1.807) is 18.2 Å². The minimum Gasteiger partial charge on any atom is -0.406 e. The first-order chi connectivity index (χ1) is 16.8. The van der Waals surface area contributed by atoms with Crippen LogP contribution in [0.3, 0.4) is 0 Å². The molecule has 0 spiro atoms. The van der Waals surface area contributed by atoms with E-state index < -0.39 is 6.36 Å². The van der Waals surface area contributed by atoms with Gasteiger partial charge in [0.2, 0.25) is 0 Å². The van der Waals surface area contributed by atoms with Crippen LogP contribution in [0.5, 0.6) is 5.75 Å². The van der Waals surface area contributed by atoms with Crippen LogP contribution >= 0.6 is 0 Å². The maximum Gasteiger partial charge on any atom is 0.573 e. The van der Waals surface area contributed by atoms with Crippen molar-refractivity contribution in [2.24, 2.45) is 0 Å². The number of hydrogen-bond donors (Lipinski definition) is 0. The molecule has 1 fully saturated rings. The molecule has 1 nitrogen and oxygen atoms in total. The Morgan fingerprint density at radius 1 is 0.857 bits per heavy atom. The number of unbranched alkanes of at least 4 members (excludes halogenated alkanes) is 2. The molecule has 0 unspecified atom stereocenters. The summed E-state index contributed by atoms with van der Waals surface area (Å²) < 4.78 is 56.8. The van der Waals surface area contributed by atoms with Gasteiger partial charge in [-0.05, 0) is 59.2 Å². The van der Waals surface area contributed by atoms with Crippen LogP contribution in [0.4, 0.5) is 17.6 Å². The second-order valence-electron chi connectivity index (χ2n) is 9.34. The summed E-state index contributed by atoms with van der Waals surface area (Å²) in [6.07, 6.45) is 1.53. The molecule has 35 heavy (non-hydrogen) atoms. The highest BCUT2D eigenvalue weighted by molar-refractivity contribution is 6.59. The molecule has 0 amide bonds. The summed E-state index contributed by atoms with van der Waals surface area (Å²) in [7, 11) is -0.235. The normalized spacial score (nSPS) is 15.3. The number of ether oxygens (including phenoxy) is 1.